The van der Waals surface area contributed by atoms with Crippen LogP contribution in [-0.2, 0) is 13.1 Å². The number of nitrogens with one attached hydrogen (secondary N) is 1. The summed E-state index contributed by atoms with van der Waals surface area (Å²) in [5, 5.41) is 13.1. The topological polar surface area (TPSA) is 51.1 Å². The number of benzene rings is 1. The van der Waals surface area contributed by atoms with E-state index in [0.717, 1.165) is 58.1 Å². The number of hydrogen-bond acceptors (Lipinski definition) is 3. The quantitative estimate of drug-likeness (QED) is 0.390. The van der Waals surface area contributed by atoms with E-state index in [-0.39, 0.29) is 30.1 Å². The van der Waals surface area contributed by atoms with Gasteiger partial charge in [-0.3, -0.25) is 9.89 Å². The molecule has 0 aromatic heterocycles. The lowest BCUT2D eigenvalue weighted by atomic mass is 9.93. The molecule has 2 N–H and O–H groups in total. The Morgan fingerprint density at radius 3 is 2.33 bits per heavy atom. The lowest BCUT2D eigenvalue weighted by molar-refractivity contribution is 0.0792. The van der Waals surface area contributed by atoms with Gasteiger partial charge in [-0.2, -0.15) is 0 Å². The molecule has 2 saturated heterocycles. The molecule has 0 radical (unpaired) electrons. The van der Waals surface area contributed by atoms with Crippen molar-refractivity contribution in [3.63, 3.8) is 0 Å². The smallest absolute Gasteiger partial charge is 0.193 e. The Morgan fingerprint density at radius 1 is 1.15 bits per heavy atom. The van der Waals surface area contributed by atoms with Crippen LogP contribution in [-0.4, -0.2) is 60.2 Å². The van der Waals surface area contributed by atoms with Crippen molar-refractivity contribution in [1.29, 1.82) is 0 Å². The molecule has 0 amide bonds. The zero-order valence-electron chi connectivity index (χ0n) is 16.9. The van der Waals surface area contributed by atoms with E-state index in [0.29, 0.717) is 5.41 Å². The van der Waals surface area contributed by atoms with Crippen molar-refractivity contribution in [3.8, 4) is 0 Å². The molecule has 0 saturated carbocycles. The van der Waals surface area contributed by atoms with Crippen LogP contribution in [0.15, 0.2) is 29.3 Å². The van der Waals surface area contributed by atoms with E-state index in [4.69, 9.17) is 0 Å². The second-order valence-electron chi connectivity index (χ2n) is 8.56. The Balaban J connectivity index is 0.00000261. The summed E-state index contributed by atoms with van der Waals surface area (Å²) in [5.41, 5.74) is 3.00. The van der Waals surface area contributed by atoms with Crippen molar-refractivity contribution < 1.29 is 5.11 Å². The number of piperidine rings is 1. The number of halogens is 1. The second kappa shape index (κ2) is 10.1. The fourth-order valence-electron chi connectivity index (χ4n) is 3.90. The highest BCUT2D eigenvalue weighted by molar-refractivity contribution is 14.0. The summed E-state index contributed by atoms with van der Waals surface area (Å²) in [6, 6.07) is 8.87. The monoisotopic (exact) mass is 486 g/mol. The number of rotatable bonds is 4. The Morgan fingerprint density at radius 2 is 1.78 bits per heavy atom. The fraction of sp³-hybridized carbons (Fsp3) is 0.667. The maximum Gasteiger partial charge on any atom is 0.193 e. The first kappa shape index (κ1) is 22.4. The normalized spacial score (nSPS) is 21.2. The van der Waals surface area contributed by atoms with Crippen molar-refractivity contribution in [2.75, 3.05) is 33.2 Å². The number of nitrogens with zero attached hydrogens (tertiary/aromatic N) is 3. The summed E-state index contributed by atoms with van der Waals surface area (Å²) in [6.45, 7) is 10.6. The first-order valence-corrected chi connectivity index (χ1v) is 9.89. The third kappa shape index (κ3) is 6.61. The minimum Gasteiger partial charge on any atom is -0.393 e. The average Bonchev–Trinajstić information content (AvgIpc) is 2.99. The van der Waals surface area contributed by atoms with Gasteiger partial charge in [0.25, 0.3) is 0 Å². The van der Waals surface area contributed by atoms with Gasteiger partial charge >= 0.3 is 0 Å². The fourth-order valence-corrected chi connectivity index (χ4v) is 3.90. The molecule has 1 aromatic rings. The maximum absolute atomic E-state index is 9.61. The van der Waals surface area contributed by atoms with E-state index < -0.39 is 0 Å². The van der Waals surface area contributed by atoms with Crippen LogP contribution in [0.25, 0.3) is 0 Å². The number of likely N-dealkylation sites (tertiary alicyclic amines) is 2. The number of aliphatic imine (C=N–C) groups is 1. The molecule has 6 heteroatoms. The predicted molar refractivity (Wildman–Crippen MR) is 123 cm³/mol. The highest BCUT2D eigenvalue weighted by Gasteiger charge is 2.30. The minimum absolute atomic E-state index is 0. The van der Waals surface area contributed by atoms with Crippen LogP contribution < -0.4 is 5.32 Å². The van der Waals surface area contributed by atoms with Crippen LogP contribution in [0.3, 0.4) is 0 Å². The van der Waals surface area contributed by atoms with Gasteiger partial charge in [-0.25, -0.2) is 0 Å². The maximum atomic E-state index is 9.61. The summed E-state index contributed by atoms with van der Waals surface area (Å²) >= 11 is 0. The molecular formula is C21H35IN4O. The molecule has 0 bridgehead atoms. The van der Waals surface area contributed by atoms with Crippen LogP contribution in [0.5, 0.6) is 0 Å². The molecule has 27 heavy (non-hydrogen) atoms. The van der Waals surface area contributed by atoms with Crippen LogP contribution in [0.1, 0.15) is 44.2 Å². The summed E-state index contributed by atoms with van der Waals surface area (Å²) in [5.74, 6) is 1.01. The van der Waals surface area contributed by atoms with E-state index >= 15 is 0 Å². The summed E-state index contributed by atoms with van der Waals surface area (Å²) in [6.07, 6.45) is 2.91. The van der Waals surface area contributed by atoms with Gasteiger partial charge in [0.15, 0.2) is 5.96 Å². The van der Waals surface area contributed by atoms with Gasteiger partial charge < -0.3 is 15.3 Å². The molecule has 152 valence electrons. The van der Waals surface area contributed by atoms with Crippen LogP contribution in [0.4, 0.5) is 0 Å². The van der Waals surface area contributed by atoms with Crippen molar-refractivity contribution in [2.24, 2.45) is 10.4 Å². The summed E-state index contributed by atoms with van der Waals surface area (Å²) in [7, 11) is 1.87. The van der Waals surface area contributed by atoms with Gasteiger partial charge in [0.1, 0.15) is 0 Å². The zero-order valence-corrected chi connectivity index (χ0v) is 19.3. The SMILES string of the molecule is CN=C(NCc1ccc(CN2CCC(O)CC2)cc1)N1CCC(C)(C)C1.I. The first-order valence-electron chi connectivity index (χ1n) is 9.89. The van der Waals surface area contributed by atoms with Crippen molar-refractivity contribution >= 4 is 29.9 Å². The van der Waals surface area contributed by atoms with Gasteiger partial charge in [-0.05, 0) is 35.8 Å². The van der Waals surface area contributed by atoms with E-state index in [1.54, 1.807) is 0 Å². The molecule has 0 unspecified atom stereocenters. The Hall–Kier alpha value is -0.860. The van der Waals surface area contributed by atoms with E-state index in [1.165, 1.54) is 17.5 Å². The summed E-state index contributed by atoms with van der Waals surface area (Å²) in [4.78, 5) is 9.24. The summed E-state index contributed by atoms with van der Waals surface area (Å²) < 4.78 is 0. The van der Waals surface area contributed by atoms with Crippen molar-refractivity contribution in [2.45, 2.75) is 52.3 Å². The molecule has 0 spiro atoms. The predicted octanol–water partition coefficient (Wildman–Crippen LogP) is 3.07. The highest BCUT2D eigenvalue weighted by Crippen LogP contribution is 2.28. The van der Waals surface area contributed by atoms with Crippen molar-refractivity contribution in [1.82, 2.24) is 15.1 Å². The van der Waals surface area contributed by atoms with Gasteiger partial charge in [-0.15, -0.1) is 24.0 Å². The van der Waals surface area contributed by atoms with Crippen LogP contribution in [0.2, 0.25) is 0 Å². The Bertz CT molecular complexity index is 609. The average molecular weight is 486 g/mol. The molecule has 2 aliphatic rings. The highest BCUT2D eigenvalue weighted by atomic mass is 127. The Kier molecular flexibility index (Phi) is 8.37. The molecule has 5 nitrogen and oxygen atoms in total. The van der Waals surface area contributed by atoms with E-state index in [1.807, 2.05) is 7.05 Å². The molecule has 1 aromatic carbocycles. The number of guanidine groups is 1. The van der Waals surface area contributed by atoms with Crippen LogP contribution >= 0.6 is 24.0 Å². The van der Waals surface area contributed by atoms with Crippen molar-refractivity contribution in [3.05, 3.63) is 35.4 Å². The minimum atomic E-state index is -0.102. The number of aliphatic hydroxyl groups excluding tert-OH is 1. The van der Waals surface area contributed by atoms with Gasteiger partial charge in [0.2, 0.25) is 0 Å². The molecule has 3 rings (SSSR count). The second-order valence-corrected chi connectivity index (χ2v) is 8.56. The number of hydrogen-bond donors (Lipinski definition) is 2. The molecule has 0 atom stereocenters. The largest absolute Gasteiger partial charge is 0.393 e. The molecule has 2 aliphatic heterocycles. The van der Waals surface area contributed by atoms with E-state index in [2.05, 4.69) is 58.2 Å². The molecular weight excluding hydrogens is 451 g/mol. The van der Waals surface area contributed by atoms with Crippen LogP contribution in [0, 0.1) is 5.41 Å². The van der Waals surface area contributed by atoms with Gasteiger partial charge in [0, 0.05) is 46.3 Å². The lowest BCUT2D eigenvalue weighted by Crippen LogP contribution is -2.40. The van der Waals surface area contributed by atoms with Gasteiger partial charge in [0.05, 0.1) is 6.10 Å². The van der Waals surface area contributed by atoms with Gasteiger partial charge in [-0.1, -0.05) is 38.1 Å². The Labute approximate surface area is 181 Å². The number of aliphatic hydroxyl groups is 1. The first-order chi connectivity index (χ1) is 12.4. The molecule has 2 fully saturated rings. The molecule has 2 heterocycles. The lowest BCUT2D eigenvalue weighted by Gasteiger charge is -2.29. The van der Waals surface area contributed by atoms with E-state index in [9.17, 15) is 5.11 Å². The standard InChI is InChI=1S/C21H34N4O.HI/c1-21(2)10-13-25(16-21)20(22-3)23-14-17-4-6-18(7-5-17)15-24-11-8-19(26)9-12-24;/h4-7,19,26H,8-16H2,1-3H3,(H,22,23);1H. The third-order valence-electron chi connectivity index (χ3n) is 5.63. The third-order valence-corrected chi connectivity index (χ3v) is 5.63. The molecule has 0 aliphatic carbocycles. The zero-order chi connectivity index (χ0) is 18.6.